The molecule has 1 saturated heterocycles. The predicted octanol–water partition coefficient (Wildman–Crippen LogP) is 4.63. The third kappa shape index (κ3) is 3.97. The smallest absolute Gasteiger partial charge is 0.233 e. The predicted molar refractivity (Wildman–Crippen MR) is 104 cm³/mol. The van der Waals surface area contributed by atoms with Crippen LogP contribution >= 0.6 is 11.8 Å². The molecule has 0 unspecified atom stereocenters. The summed E-state index contributed by atoms with van der Waals surface area (Å²) in [7, 11) is 0. The van der Waals surface area contributed by atoms with E-state index in [2.05, 4.69) is 37.6 Å². The number of aromatic nitrogens is 2. The van der Waals surface area contributed by atoms with Gasteiger partial charge in [0.1, 0.15) is 10.9 Å². The molecule has 0 bridgehead atoms. The van der Waals surface area contributed by atoms with Crippen molar-refractivity contribution in [1.29, 1.82) is 0 Å². The molecule has 4 nitrogen and oxygen atoms in total. The highest BCUT2D eigenvalue weighted by Crippen LogP contribution is 2.29. The number of benzene rings is 1. The number of para-hydroxylation sites is 1. The summed E-state index contributed by atoms with van der Waals surface area (Å²) in [6.45, 7) is 8.52. The largest absolute Gasteiger partial charge is 0.337 e. The van der Waals surface area contributed by atoms with E-state index in [0.29, 0.717) is 17.8 Å². The highest BCUT2D eigenvalue weighted by molar-refractivity contribution is 8.00. The molecule has 3 rings (SSSR count). The van der Waals surface area contributed by atoms with Crippen LogP contribution in [-0.2, 0) is 4.79 Å². The summed E-state index contributed by atoms with van der Waals surface area (Å²) in [4.78, 5) is 24.3. The minimum absolute atomic E-state index is 0.221. The Bertz CT molecular complexity index is 752. The number of nitrogens with zero attached hydrogens (tertiary/aromatic N) is 3. The Morgan fingerprint density at radius 2 is 1.88 bits per heavy atom. The van der Waals surface area contributed by atoms with Crippen LogP contribution in [0.2, 0.25) is 0 Å². The van der Waals surface area contributed by atoms with E-state index in [0.717, 1.165) is 34.6 Å². The fraction of sp³-hybridized carbons (Fsp3) is 0.550. The molecular formula is C20H27N3OS. The molecule has 2 heterocycles. The van der Waals surface area contributed by atoms with Crippen molar-refractivity contribution >= 4 is 28.6 Å². The number of thioether (sulfide) groups is 1. The van der Waals surface area contributed by atoms with Gasteiger partial charge in [0.2, 0.25) is 5.91 Å². The van der Waals surface area contributed by atoms with Gasteiger partial charge in [-0.05, 0) is 39.2 Å². The van der Waals surface area contributed by atoms with Gasteiger partial charge in [0, 0.05) is 23.4 Å². The molecular weight excluding hydrogens is 330 g/mol. The zero-order chi connectivity index (χ0) is 18.0. The fourth-order valence-corrected chi connectivity index (χ4v) is 4.45. The number of fused-ring (bicyclic) bond motifs is 1. The van der Waals surface area contributed by atoms with Gasteiger partial charge in [0.25, 0.3) is 0 Å². The lowest BCUT2D eigenvalue weighted by Crippen LogP contribution is -2.48. The second-order valence-electron chi connectivity index (χ2n) is 7.28. The van der Waals surface area contributed by atoms with Gasteiger partial charge < -0.3 is 4.90 Å². The second kappa shape index (κ2) is 7.73. The summed E-state index contributed by atoms with van der Waals surface area (Å²) in [5, 5.41) is 1.95. The Morgan fingerprint density at radius 3 is 2.56 bits per heavy atom. The Labute approximate surface area is 154 Å². The molecule has 1 aliphatic heterocycles. The van der Waals surface area contributed by atoms with E-state index in [1.807, 2.05) is 24.3 Å². The first-order chi connectivity index (χ1) is 12.0. The second-order valence-corrected chi connectivity index (χ2v) is 8.24. The summed E-state index contributed by atoms with van der Waals surface area (Å²) in [6, 6.07) is 8.73. The molecule has 1 aliphatic rings. The fourth-order valence-electron chi connectivity index (χ4n) is 3.55. The maximum atomic E-state index is 12.8. The highest BCUT2D eigenvalue weighted by Gasteiger charge is 2.28. The molecule has 0 radical (unpaired) electrons. The van der Waals surface area contributed by atoms with Crippen LogP contribution in [0, 0.1) is 0 Å². The lowest BCUT2D eigenvalue weighted by molar-refractivity contribution is -0.134. The minimum Gasteiger partial charge on any atom is -0.337 e. The standard InChI is InChI=1S/C20H27N3OS/c1-13(2)19-21-17-11-6-5-10-16(17)20(22-19)25-12-18(24)23-14(3)8-7-9-15(23)4/h5-6,10-11,13-15H,7-9,12H2,1-4H3/t14-,15+. The van der Waals surface area contributed by atoms with Gasteiger partial charge in [0.05, 0.1) is 11.3 Å². The number of hydrogen-bond donors (Lipinski definition) is 0. The minimum atomic E-state index is 0.221. The number of carbonyl (C=O) groups excluding carboxylic acids is 1. The number of likely N-dealkylation sites (tertiary alicyclic amines) is 1. The van der Waals surface area contributed by atoms with E-state index in [4.69, 9.17) is 4.98 Å². The molecule has 25 heavy (non-hydrogen) atoms. The summed E-state index contributed by atoms with van der Waals surface area (Å²) in [5.74, 6) is 1.77. The van der Waals surface area contributed by atoms with E-state index >= 15 is 0 Å². The zero-order valence-electron chi connectivity index (χ0n) is 15.5. The van der Waals surface area contributed by atoms with Crippen molar-refractivity contribution in [1.82, 2.24) is 14.9 Å². The molecule has 1 amide bonds. The van der Waals surface area contributed by atoms with Crippen molar-refractivity contribution in [2.24, 2.45) is 0 Å². The first kappa shape index (κ1) is 18.2. The van der Waals surface area contributed by atoms with Crippen LogP contribution in [0.1, 0.15) is 58.7 Å². The van der Waals surface area contributed by atoms with Gasteiger partial charge in [-0.2, -0.15) is 0 Å². The lowest BCUT2D eigenvalue weighted by atomic mass is 9.98. The van der Waals surface area contributed by atoms with Crippen LogP contribution in [0.5, 0.6) is 0 Å². The average Bonchev–Trinajstić information content (AvgIpc) is 2.59. The number of carbonyl (C=O) groups is 1. The van der Waals surface area contributed by atoms with E-state index in [1.54, 1.807) is 11.8 Å². The molecule has 0 aliphatic carbocycles. The average molecular weight is 358 g/mol. The number of rotatable bonds is 4. The van der Waals surface area contributed by atoms with Crippen molar-refractivity contribution in [2.45, 2.75) is 70.0 Å². The Balaban J connectivity index is 1.81. The molecule has 2 atom stereocenters. The highest BCUT2D eigenvalue weighted by atomic mass is 32.2. The molecule has 1 aromatic heterocycles. The molecule has 1 aromatic carbocycles. The molecule has 0 spiro atoms. The monoisotopic (exact) mass is 357 g/mol. The summed E-state index contributed by atoms with van der Waals surface area (Å²) in [5.41, 5.74) is 0.954. The van der Waals surface area contributed by atoms with Crippen LogP contribution in [0.3, 0.4) is 0 Å². The first-order valence-electron chi connectivity index (χ1n) is 9.18. The van der Waals surface area contributed by atoms with E-state index in [1.165, 1.54) is 6.42 Å². The van der Waals surface area contributed by atoms with Crippen molar-refractivity contribution in [3.63, 3.8) is 0 Å². The molecule has 2 aromatic rings. The quantitative estimate of drug-likeness (QED) is 0.591. The zero-order valence-corrected chi connectivity index (χ0v) is 16.3. The maximum absolute atomic E-state index is 12.8. The number of piperidine rings is 1. The van der Waals surface area contributed by atoms with Crippen LogP contribution in [0.4, 0.5) is 0 Å². The third-order valence-electron chi connectivity index (χ3n) is 4.92. The molecule has 0 saturated carbocycles. The van der Waals surface area contributed by atoms with Gasteiger partial charge in [0.15, 0.2) is 0 Å². The van der Waals surface area contributed by atoms with Crippen molar-refractivity contribution in [2.75, 3.05) is 5.75 Å². The van der Waals surface area contributed by atoms with Crippen LogP contribution in [-0.4, -0.2) is 38.6 Å². The Hall–Kier alpha value is -1.62. The summed E-state index contributed by atoms with van der Waals surface area (Å²) in [6.07, 6.45) is 3.43. The molecule has 134 valence electrons. The van der Waals surface area contributed by atoms with E-state index in [9.17, 15) is 4.79 Å². The van der Waals surface area contributed by atoms with Crippen LogP contribution < -0.4 is 0 Å². The van der Waals surface area contributed by atoms with Gasteiger partial charge in [-0.15, -0.1) is 0 Å². The third-order valence-corrected chi connectivity index (χ3v) is 5.89. The Kier molecular flexibility index (Phi) is 5.62. The van der Waals surface area contributed by atoms with Gasteiger partial charge in [-0.25, -0.2) is 9.97 Å². The molecule has 0 N–H and O–H groups in total. The normalized spacial score (nSPS) is 21.1. The SMILES string of the molecule is CC(C)c1nc(SCC(=O)N2[C@H](C)CCC[C@@H]2C)c2ccccc2n1. The van der Waals surface area contributed by atoms with Crippen molar-refractivity contribution < 1.29 is 4.79 Å². The van der Waals surface area contributed by atoms with Gasteiger partial charge >= 0.3 is 0 Å². The van der Waals surface area contributed by atoms with Crippen LogP contribution in [0.25, 0.3) is 10.9 Å². The van der Waals surface area contributed by atoms with E-state index < -0.39 is 0 Å². The number of amides is 1. The molecule has 5 heteroatoms. The molecule has 1 fully saturated rings. The van der Waals surface area contributed by atoms with Crippen molar-refractivity contribution in [3.05, 3.63) is 30.1 Å². The Morgan fingerprint density at radius 1 is 1.20 bits per heavy atom. The topological polar surface area (TPSA) is 46.1 Å². The summed E-state index contributed by atoms with van der Waals surface area (Å²) >= 11 is 1.54. The van der Waals surface area contributed by atoms with Gasteiger partial charge in [-0.1, -0.05) is 43.8 Å². The van der Waals surface area contributed by atoms with Crippen LogP contribution in [0.15, 0.2) is 29.3 Å². The summed E-state index contributed by atoms with van der Waals surface area (Å²) < 4.78 is 0. The lowest BCUT2D eigenvalue weighted by Gasteiger charge is -2.39. The maximum Gasteiger partial charge on any atom is 0.233 e. The van der Waals surface area contributed by atoms with Gasteiger partial charge in [-0.3, -0.25) is 4.79 Å². The van der Waals surface area contributed by atoms with E-state index in [-0.39, 0.29) is 11.8 Å². The first-order valence-corrected chi connectivity index (χ1v) is 10.2. The van der Waals surface area contributed by atoms with Crippen molar-refractivity contribution in [3.8, 4) is 0 Å². The number of hydrogen-bond acceptors (Lipinski definition) is 4.